The Balaban J connectivity index is 3.01. The van der Waals surface area contributed by atoms with Crippen LogP contribution in [-0.2, 0) is 0 Å². The summed E-state index contributed by atoms with van der Waals surface area (Å²) in [6, 6.07) is 0. The van der Waals surface area contributed by atoms with E-state index in [0.717, 1.165) is 11.5 Å². The summed E-state index contributed by atoms with van der Waals surface area (Å²) in [5, 5.41) is 0. The van der Waals surface area contributed by atoms with Crippen LogP contribution in [0.4, 0.5) is 0 Å². The molecule has 0 aliphatic heterocycles. The van der Waals surface area contributed by atoms with E-state index in [4.69, 9.17) is 0 Å². The molecule has 0 nitrogen and oxygen atoms in total. The second-order valence-electron chi connectivity index (χ2n) is 2.04. The third-order valence-corrected chi connectivity index (χ3v) is 1.92. The standard InChI is InChI=1S/C8H14S/c1-4-5-6-9-7-8(2)3/h4-5H,2,6-7H2,1,3H3/b5-4+. The summed E-state index contributed by atoms with van der Waals surface area (Å²) in [7, 11) is 0. The Morgan fingerprint density at radius 3 is 2.78 bits per heavy atom. The number of hydrogen-bond donors (Lipinski definition) is 0. The predicted octanol–water partition coefficient (Wildman–Crippen LogP) is 2.87. The van der Waals surface area contributed by atoms with Crippen LogP contribution in [0.5, 0.6) is 0 Å². The molecule has 52 valence electrons. The Hall–Kier alpha value is -0.170. The Kier molecular flexibility index (Phi) is 5.85. The quantitative estimate of drug-likeness (QED) is 0.429. The summed E-state index contributed by atoms with van der Waals surface area (Å²) in [5.41, 5.74) is 1.25. The average Bonchev–Trinajstić information content (AvgIpc) is 1.80. The summed E-state index contributed by atoms with van der Waals surface area (Å²) >= 11 is 1.90. The fraction of sp³-hybridized carbons (Fsp3) is 0.500. The zero-order valence-electron chi connectivity index (χ0n) is 6.18. The fourth-order valence-electron chi connectivity index (χ4n) is 0.397. The third-order valence-electron chi connectivity index (χ3n) is 0.798. The Bertz CT molecular complexity index is 103. The van der Waals surface area contributed by atoms with Gasteiger partial charge in [-0.25, -0.2) is 0 Å². The SMILES string of the molecule is C=C(C)CSC/C=C/C. The lowest BCUT2D eigenvalue weighted by Gasteiger charge is -1.93. The number of allylic oxidation sites excluding steroid dienone is 1. The van der Waals surface area contributed by atoms with Crippen LogP contribution in [0.3, 0.4) is 0 Å². The molecule has 0 aromatic carbocycles. The zero-order valence-corrected chi connectivity index (χ0v) is 7.00. The van der Waals surface area contributed by atoms with E-state index in [0.29, 0.717) is 0 Å². The minimum absolute atomic E-state index is 1.09. The molecule has 0 atom stereocenters. The molecule has 0 amide bonds. The predicted molar refractivity (Wildman–Crippen MR) is 47.0 cm³/mol. The molecule has 0 saturated carbocycles. The van der Waals surface area contributed by atoms with E-state index in [1.807, 2.05) is 18.7 Å². The molecule has 0 spiro atoms. The zero-order chi connectivity index (χ0) is 7.11. The van der Waals surface area contributed by atoms with Gasteiger partial charge >= 0.3 is 0 Å². The molecule has 0 aliphatic carbocycles. The summed E-state index contributed by atoms with van der Waals surface area (Å²) in [4.78, 5) is 0. The van der Waals surface area contributed by atoms with E-state index >= 15 is 0 Å². The lowest BCUT2D eigenvalue weighted by Crippen LogP contribution is -1.78. The minimum atomic E-state index is 1.09. The molecule has 0 aromatic heterocycles. The van der Waals surface area contributed by atoms with Crippen LogP contribution in [0.1, 0.15) is 13.8 Å². The molecule has 1 heteroatoms. The summed E-state index contributed by atoms with van der Waals surface area (Å²) in [6.07, 6.45) is 4.24. The van der Waals surface area contributed by atoms with E-state index in [2.05, 4.69) is 25.7 Å². The Morgan fingerprint density at radius 2 is 2.33 bits per heavy atom. The molecule has 0 fully saturated rings. The molecule has 0 N–H and O–H groups in total. The first kappa shape index (κ1) is 8.83. The van der Waals surface area contributed by atoms with Crippen molar-refractivity contribution in [3.8, 4) is 0 Å². The second-order valence-corrected chi connectivity index (χ2v) is 3.07. The van der Waals surface area contributed by atoms with Gasteiger partial charge in [0.2, 0.25) is 0 Å². The molecular formula is C8H14S. The maximum atomic E-state index is 3.81. The average molecular weight is 142 g/mol. The monoisotopic (exact) mass is 142 g/mol. The van der Waals surface area contributed by atoms with Crippen molar-refractivity contribution < 1.29 is 0 Å². The highest BCUT2D eigenvalue weighted by atomic mass is 32.2. The van der Waals surface area contributed by atoms with Gasteiger partial charge in [-0.05, 0) is 13.8 Å². The molecule has 0 radical (unpaired) electrons. The molecule has 0 saturated heterocycles. The highest BCUT2D eigenvalue weighted by Crippen LogP contribution is 2.04. The van der Waals surface area contributed by atoms with Crippen molar-refractivity contribution in [1.29, 1.82) is 0 Å². The van der Waals surface area contributed by atoms with Crippen molar-refractivity contribution >= 4 is 11.8 Å². The van der Waals surface area contributed by atoms with E-state index < -0.39 is 0 Å². The lowest BCUT2D eigenvalue weighted by atomic mass is 10.4. The van der Waals surface area contributed by atoms with E-state index in [-0.39, 0.29) is 0 Å². The van der Waals surface area contributed by atoms with Crippen molar-refractivity contribution in [3.05, 3.63) is 24.3 Å². The van der Waals surface area contributed by atoms with Crippen molar-refractivity contribution in [2.45, 2.75) is 13.8 Å². The van der Waals surface area contributed by atoms with Gasteiger partial charge in [-0.3, -0.25) is 0 Å². The molecule has 0 aliphatic rings. The van der Waals surface area contributed by atoms with Gasteiger partial charge in [-0.1, -0.05) is 24.3 Å². The van der Waals surface area contributed by atoms with Crippen molar-refractivity contribution in [1.82, 2.24) is 0 Å². The maximum Gasteiger partial charge on any atom is 0.0140 e. The largest absolute Gasteiger partial charge is 0.153 e. The van der Waals surface area contributed by atoms with E-state index in [9.17, 15) is 0 Å². The first-order valence-electron chi connectivity index (χ1n) is 3.10. The van der Waals surface area contributed by atoms with Gasteiger partial charge in [0, 0.05) is 11.5 Å². The van der Waals surface area contributed by atoms with Crippen molar-refractivity contribution in [2.24, 2.45) is 0 Å². The Morgan fingerprint density at radius 1 is 1.67 bits per heavy atom. The summed E-state index contributed by atoms with van der Waals surface area (Å²) in [6.45, 7) is 7.91. The number of hydrogen-bond acceptors (Lipinski definition) is 1. The summed E-state index contributed by atoms with van der Waals surface area (Å²) in [5.74, 6) is 2.20. The highest BCUT2D eigenvalue weighted by Gasteiger charge is 1.83. The van der Waals surface area contributed by atoms with E-state index in [1.165, 1.54) is 5.57 Å². The van der Waals surface area contributed by atoms with Crippen LogP contribution < -0.4 is 0 Å². The highest BCUT2D eigenvalue weighted by molar-refractivity contribution is 7.99. The first-order valence-corrected chi connectivity index (χ1v) is 4.26. The van der Waals surface area contributed by atoms with Crippen molar-refractivity contribution in [3.63, 3.8) is 0 Å². The molecule has 0 unspecified atom stereocenters. The van der Waals surface area contributed by atoms with Gasteiger partial charge in [-0.15, -0.1) is 0 Å². The molecule has 0 aromatic rings. The van der Waals surface area contributed by atoms with Crippen LogP contribution in [0.25, 0.3) is 0 Å². The number of rotatable bonds is 4. The third kappa shape index (κ3) is 7.83. The van der Waals surface area contributed by atoms with Gasteiger partial charge in [0.15, 0.2) is 0 Å². The van der Waals surface area contributed by atoms with Crippen LogP contribution in [0.2, 0.25) is 0 Å². The molecule has 9 heavy (non-hydrogen) atoms. The van der Waals surface area contributed by atoms with Gasteiger partial charge < -0.3 is 0 Å². The molecular weight excluding hydrogens is 128 g/mol. The molecule has 0 heterocycles. The Labute approximate surface area is 62.0 Å². The maximum absolute atomic E-state index is 3.81. The summed E-state index contributed by atoms with van der Waals surface area (Å²) < 4.78 is 0. The first-order chi connectivity index (χ1) is 4.27. The second kappa shape index (κ2) is 5.96. The van der Waals surface area contributed by atoms with Gasteiger partial charge in [0.1, 0.15) is 0 Å². The smallest absolute Gasteiger partial charge is 0.0140 e. The fourth-order valence-corrected chi connectivity index (χ4v) is 1.19. The normalized spacial score (nSPS) is 10.4. The topological polar surface area (TPSA) is 0 Å². The van der Waals surface area contributed by atoms with Crippen LogP contribution >= 0.6 is 11.8 Å². The molecule has 0 bridgehead atoms. The van der Waals surface area contributed by atoms with Gasteiger partial charge in [0.05, 0.1) is 0 Å². The van der Waals surface area contributed by atoms with Gasteiger partial charge in [0.25, 0.3) is 0 Å². The van der Waals surface area contributed by atoms with Crippen molar-refractivity contribution in [2.75, 3.05) is 11.5 Å². The van der Waals surface area contributed by atoms with E-state index in [1.54, 1.807) is 0 Å². The minimum Gasteiger partial charge on any atom is -0.153 e. The van der Waals surface area contributed by atoms with Gasteiger partial charge in [-0.2, -0.15) is 11.8 Å². The van der Waals surface area contributed by atoms with Crippen LogP contribution in [0, 0.1) is 0 Å². The number of thioether (sulfide) groups is 1. The van der Waals surface area contributed by atoms with Crippen LogP contribution in [-0.4, -0.2) is 11.5 Å². The lowest BCUT2D eigenvalue weighted by molar-refractivity contribution is 1.44. The molecule has 0 rings (SSSR count). The van der Waals surface area contributed by atoms with Crippen LogP contribution in [0.15, 0.2) is 24.3 Å².